The molecule has 7 nitrogen and oxygen atoms in total. The van der Waals surface area contributed by atoms with E-state index in [0.717, 1.165) is 5.69 Å². The lowest BCUT2D eigenvalue weighted by atomic mass is 10.1. The summed E-state index contributed by atoms with van der Waals surface area (Å²) >= 11 is 3.13. The van der Waals surface area contributed by atoms with E-state index in [4.69, 9.17) is 4.42 Å². The predicted molar refractivity (Wildman–Crippen MR) is 84.7 cm³/mol. The Bertz CT molecular complexity index is 677. The zero-order chi connectivity index (χ0) is 16.3. The fraction of sp³-hybridized carbons (Fsp3) is 0.357. The second kappa shape index (κ2) is 6.78. The maximum atomic E-state index is 12.0. The Kier molecular flexibility index (Phi) is 5.02. The lowest BCUT2D eigenvalue weighted by Crippen LogP contribution is -2.34. The first-order valence-corrected chi connectivity index (χ1v) is 7.52. The summed E-state index contributed by atoms with van der Waals surface area (Å²) in [5.41, 5.74) is 0.931. The normalized spacial score (nSPS) is 10.8. The first-order valence-electron chi connectivity index (χ1n) is 6.72. The molecule has 22 heavy (non-hydrogen) atoms. The van der Waals surface area contributed by atoms with Crippen molar-refractivity contribution in [1.29, 1.82) is 0 Å². The Labute approximate surface area is 136 Å². The van der Waals surface area contributed by atoms with E-state index >= 15 is 0 Å². The fourth-order valence-corrected chi connectivity index (χ4v) is 2.09. The minimum absolute atomic E-state index is 0.0962. The van der Waals surface area contributed by atoms with E-state index in [9.17, 15) is 9.59 Å². The highest BCUT2D eigenvalue weighted by Crippen LogP contribution is 2.16. The molecule has 2 aromatic rings. The number of anilines is 1. The van der Waals surface area contributed by atoms with E-state index in [-0.39, 0.29) is 24.1 Å². The van der Waals surface area contributed by atoms with Crippen LogP contribution in [-0.2, 0) is 4.79 Å². The van der Waals surface area contributed by atoms with E-state index in [2.05, 4.69) is 31.4 Å². The van der Waals surface area contributed by atoms with E-state index in [1.54, 1.807) is 18.2 Å². The number of halogens is 1. The molecule has 0 aromatic carbocycles. The van der Waals surface area contributed by atoms with Gasteiger partial charge in [0.05, 0.1) is 0 Å². The molecule has 0 aliphatic rings. The molecule has 0 aliphatic carbocycles. The third-order valence-corrected chi connectivity index (χ3v) is 3.42. The summed E-state index contributed by atoms with van der Waals surface area (Å²) < 4.78 is 5.64. The summed E-state index contributed by atoms with van der Waals surface area (Å²) in [5, 5.41) is 9.50. The van der Waals surface area contributed by atoms with Crippen molar-refractivity contribution >= 4 is 33.6 Å². The van der Waals surface area contributed by atoms with Crippen LogP contribution < -0.4 is 5.32 Å². The van der Waals surface area contributed by atoms with Crippen LogP contribution in [0.2, 0.25) is 0 Å². The molecule has 0 saturated heterocycles. The zero-order valence-electron chi connectivity index (χ0n) is 12.5. The van der Waals surface area contributed by atoms with Crippen LogP contribution in [0, 0.1) is 0 Å². The van der Waals surface area contributed by atoms with Gasteiger partial charge in [0.2, 0.25) is 5.91 Å². The number of hydrogen-bond donors (Lipinski definition) is 2. The summed E-state index contributed by atoms with van der Waals surface area (Å²) in [4.78, 5) is 25.3. The minimum Gasteiger partial charge on any atom is -0.444 e. The van der Waals surface area contributed by atoms with Gasteiger partial charge in [-0.25, -0.2) is 0 Å². The van der Waals surface area contributed by atoms with Crippen molar-refractivity contribution in [2.45, 2.75) is 19.8 Å². The molecule has 0 bridgehead atoms. The standard InChI is InChI=1S/C14H17BrN4O3/c1-8(2)9-6-12(18-17-9)16-13(20)7-19(3)14(21)10-4-5-11(15)22-10/h4-6,8H,7H2,1-3H3,(H2,16,17,18,20). The van der Waals surface area contributed by atoms with E-state index in [0.29, 0.717) is 16.4 Å². The molecule has 2 rings (SSSR count). The average Bonchev–Trinajstić information content (AvgIpc) is 3.06. The molecule has 2 N–H and O–H groups in total. The number of aromatic amines is 1. The minimum atomic E-state index is -0.370. The lowest BCUT2D eigenvalue weighted by Gasteiger charge is -2.14. The van der Waals surface area contributed by atoms with Gasteiger partial charge in [0.25, 0.3) is 5.91 Å². The highest BCUT2D eigenvalue weighted by atomic mass is 79.9. The zero-order valence-corrected chi connectivity index (χ0v) is 14.1. The van der Waals surface area contributed by atoms with Crippen LogP contribution in [0.5, 0.6) is 0 Å². The number of carbonyl (C=O) groups is 2. The van der Waals surface area contributed by atoms with Crippen molar-refractivity contribution in [3.05, 3.63) is 34.3 Å². The summed E-state index contributed by atoms with van der Waals surface area (Å²) in [6, 6.07) is 4.94. The van der Waals surface area contributed by atoms with E-state index in [1.807, 2.05) is 13.8 Å². The van der Waals surface area contributed by atoms with Crippen LogP contribution in [-0.4, -0.2) is 40.5 Å². The van der Waals surface area contributed by atoms with Crippen molar-refractivity contribution in [2.24, 2.45) is 0 Å². The average molecular weight is 369 g/mol. The first-order chi connectivity index (χ1) is 10.4. The third kappa shape index (κ3) is 3.97. The number of hydrogen-bond acceptors (Lipinski definition) is 4. The molecule has 0 radical (unpaired) electrons. The van der Waals surface area contributed by atoms with Gasteiger partial charge in [-0.3, -0.25) is 14.7 Å². The Balaban J connectivity index is 1.91. The Hall–Kier alpha value is -2.09. The largest absolute Gasteiger partial charge is 0.444 e. The van der Waals surface area contributed by atoms with Gasteiger partial charge in [-0.2, -0.15) is 5.10 Å². The number of nitrogens with zero attached hydrogens (tertiary/aromatic N) is 2. The first kappa shape index (κ1) is 16.3. The van der Waals surface area contributed by atoms with Crippen LogP contribution in [0.25, 0.3) is 0 Å². The van der Waals surface area contributed by atoms with Crippen LogP contribution in [0.15, 0.2) is 27.3 Å². The highest BCUT2D eigenvalue weighted by Gasteiger charge is 2.18. The molecular weight excluding hydrogens is 352 g/mol. The van der Waals surface area contributed by atoms with Crippen LogP contribution >= 0.6 is 15.9 Å². The van der Waals surface area contributed by atoms with Gasteiger partial charge in [-0.1, -0.05) is 13.8 Å². The van der Waals surface area contributed by atoms with Crippen LogP contribution in [0.3, 0.4) is 0 Å². The SMILES string of the molecule is CC(C)c1cc(NC(=O)CN(C)C(=O)c2ccc(Br)o2)n[nH]1. The Morgan fingerprint density at radius 3 is 2.73 bits per heavy atom. The molecule has 2 heterocycles. The van der Waals surface area contributed by atoms with Crippen molar-refractivity contribution in [3.8, 4) is 0 Å². The molecule has 2 amide bonds. The fourth-order valence-electron chi connectivity index (χ4n) is 1.78. The summed E-state index contributed by atoms with van der Waals surface area (Å²) in [6.07, 6.45) is 0. The van der Waals surface area contributed by atoms with Crippen molar-refractivity contribution < 1.29 is 14.0 Å². The number of nitrogens with one attached hydrogen (secondary N) is 2. The van der Waals surface area contributed by atoms with Gasteiger partial charge in [0.15, 0.2) is 16.2 Å². The van der Waals surface area contributed by atoms with Crippen LogP contribution in [0.4, 0.5) is 5.82 Å². The second-order valence-electron chi connectivity index (χ2n) is 5.18. The lowest BCUT2D eigenvalue weighted by molar-refractivity contribution is -0.116. The Morgan fingerprint density at radius 1 is 1.45 bits per heavy atom. The second-order valence-corrected chi connectivity index (χ2v) is 5.96. The molecule has 0 atom stereocenters. The highest BCUT2D eigenvalue weighted by molar-refractivity contribution is 9.10. The Morgan fingerprint density at radius 2 is 2.18 bits per heavy atom. The van der Waals surface area contributed by atoms with Gasteiger partial charge >= 0.3 is 0 Å². The maximum absolute atomic E-state index is 12.0. The van der Waals surface area contributed by atoms with Crippen LogP contribution in [0.1, 0.15) is 36.0 Å². The van der Waals surface area contributed by atoms with Gasteiger partial charge < -0.3 is 14.6 Å². The number of furan rings is 1. The topological polar surface area (TPSA) is 91.2 Å². The van der Waals surface area contributed by atoms with E-state index in [1.165, 1.54) is 11.9 Å². The number of H-pyrrole nitrogens is 1. The van der Waals surface area contributed by atoms with Crippen molar-refractivity contribution in [2.75, 3.05) is 18.9 Å². The van der Waals surface area contributed by atoms with Gasteiger partial charge in [0, 0.05) is 18.8 Å². The van der Waals surface area contributed by atoms with Crippen molar-refractivity contribution in [3.63, 3.8) is 0 Å². The molecule has 0 fully saturated rings. The van der Waals surface area contributed by atoms with E-state index < -0.39 is 0 Å². The molecule has 0 saturated carbocycles. The van der Waals surface area contributed by atoms with Gasteiger partial charge in [-0.15, -0.1) is 0 Å². The van der Waals surface area contributed by atoms with Gasteiger partial charge in [-0.05, 0) is 34.0 Å². The molecular formula is C14H17BrN4O3. The quantitative estimate of drug-likeness (QED) is 0.848. The monoisotopic (exact) mass is 368 g/mol. The summed E-state index contributed by atoms with van der Waals surface area (Å²) in [5.74, 6) is 0.202. The molecule has 0 aliphatic heterocycles. The number of likely N-dealkylation sites (N-methyl/N-ethyl adjacent to an activating group) is 1. The number of aromatic nitrogens is 2. The number of amides is 2. The molecule has 0 unspecified atom stereocenters. The number of carbonyl (C=O) groups excluding carboxylic acids is 2. The summed E-state index contributed by atoms with van der Waals surface area (Å²) in [6.45, 7) is 3.95. The summed E-state index contributed by atoms with van der Waals surface area (Å²) in [7, 11) is 1.53. The number of rotatable bonds is 5. The smallest absolute Gasteiger partial charge is 0.289 e. The molecule has 8 heteroatoms. The van der Waals surface area contributed by atoms with Crippen molar-refractivity contribution in [1.82, 2.24) is 15.1 Å². The molecule has 2 aromatic heterocycles. The van der Waals surface area contributed by atoms with Gasteiger partial charge in [0.1, 0.15) is 6.54 Å². The molecule has 0 spiro atoms. The molecule has 118 valence electrons. The maximum Gasteiger partial charge on any atom is 0.289 e. The third-order valence-electron chi connectivity index (χ3n) is 3.00. The predicted octanol–water partition coefficient (Wildman–Crippen LogP) is 2.60.